The van der Waals surface area contributed by atoms with Gasteiger partial charge in [-0.15, -0.1) is 12.4 Å². The molecule has 0 bridgehead atoms. The molecule has 1 unspecified atom stereocenters. The van der Waals surface area contributed by atoms with Crippen LogP contribution in [-0.4, -0.2) is 59.7 Å². The molecule has 0 radical (unpaired) electrons. The maximum Gasteiger partial charge on any atom is 0.0491 e. The number of piperazine rings is 1. The van der Waals surface area contributed by atoms with Gasteiger partial charge in [0, 0.05) is 80.2 Å². The van der Waals surface area contributed by atoms with Gasteiger partial charge in [0.2, 0.25) is 0 Å². The van der Waals surface area contributed by atoms with Crippen LogP contribution in [0.15, 0.2) is 42.5 Å². The maximum atomic E-state index is 3.47. The minimum absolute atomic E-state index is 0. The zero-order chi connectivity index (χ0) is 18.2. The Morgan fingerprint density at radius 1 is 0.964 bits per heavy atom. The van der Waals surface area contributed by atoms with E-state index in [9.17, 15) is 0 Å². The maximum absolute atomic E-state index is 3.47. The fourth-order valence-electron chi connectivity index (χ4n) is 5.10. The van der Waals surface area contributed by atoms with E-state index in [0.29, 0.717) is 0 Å². The van der Waals surface area contributed by atoms with Crippen LogP contribution in [0.3, 0.4) is 0 Å². The monoisotopic (exact) mass is 398 g/mol. The van der Waals surface area contributed by atoms with Crippen molar-refractivity contribution >= 4 is 34.2 Å². The quantitative estimate of drug-likeness (QED) is 0.724. The van der Waals surface area contributed by atoms with Crippen molar-refractivity contribution in [1.29, 1.82) is 0 Å². The normalized spacial score (nSPS) is 21.4. The van der Waals surface area contributed by atoms with E-state index in [2.05, 4.69) is 69.1 Å². The summed E-state index contributed by atoms with van der Waals surface area (Å²) in [5.74, 6) is 0. The van der Waals surface area contributed by atoms with Gasteiger partial charge < -0.3 is 9.88 Å². The summed E-state index contributed by atoms with van der Waals surface area (Å²) in [6, 6.07) is 16.7. The molecule has 2 aliphatic heterocycles. The van der Waals surface area contributed by atoms with E-state index in [-0.39, 0.29) is 12.4 Å². The van der Waals surface area contributed by atoms with Crippen molar-refractivity contribution < 1.29 is 0 Å². The molecule has 0 spiro atoms. The predicted molar refractivity (Wildman–Crippen MR) is 120 cm³/mol. The lowest BCUT2D eigenvalue weighted by Crippen LogP contribution is -2.49. The van der Waals surface area contributed by atoms with Gasteiger partial charge in [-0.3, -0.25) is 9.80 Å². The molecule has 3 heterocycles. The van der Waals surface area contributed by atoms with E-state index in [1.54, 1.807) is 0 Å². The number of likely N-dealkylation sites (tertiary alicyclic amines) is 1. The van der Waals surface area contributed by atoms with Crippen LogP contribution in [0.4, 0.5) is 0 Å². The number of fused-ring (bicyclic) bond motifs is 3. The highest BCUT2D eigenvalue weighted by Crippen LogP contribution is 2.30. The summed E-state index contributed by atoms with van der Waals surface area (Å²) in [7, 11) is 0. The van der Waals surface area contributed by atoms with Crippen LogP contribution in [0.1, 0.15) is 18.9 Å². The average Bonchev–Trinajstić information content (AvgIpc) is 3.31. The molecule has 28 heavy (non-hydrogen) atoms. The van der Waals surface area contributed by atoms with Crippen LogP contribution in [0.25, 0.3) is 21.8 Å². The summed E-state index contributed by atoms with van der Waals surface area (Å²) >= 11 is 0. The van der Waals surface area contributed by atoms with Crippen LogP contribution in [0.5, 0.6) is 0 Å². The summed E-state index contributed by atoms with van der Waals surface area (Å²) in [5.41, 5.74) is 4.16. The molecule has 4 nitrogen and oxygen atoms in total. The summed E-state index contributed by atoms with van der Waals surface area (Å²) in [6.45, 7) is 11.5. The highest BCUT2D eigenvalue weighted by atomic mass is 35.5. The number of rotatable bonds is 4. The van der Waals surface area contributed by atoms with E-state index in [4.69, 9.17) is 0 Å². The van der Waals surface area contributed by atoms with Gasteiger partial charge in [0.05, 0.1) is 0 Å². The minimum atomic E-state index is 0. The number of halogens is 1. The predicted octanol–water partition coefficient (Wildman–Crippen LogP) is 3.72. The van der Waals surface area contributed by atoms with Crippen molar-refractivity contribution in [3.63, 3.8) is 0 Å². The van der Waals surface area contributed by atoms with E-state index >= 15 is 0 Å². The molecule has 5 heteroatoms. The number of benzene rings is 2. The molecule has 150 valence electrons. The lowest BCUT2D eigenvalue weighted by atomic mass is 10.1. The first kappa shape index (κ1) is 19.7. The fraction of sp³-hybridized carbons (Fsp3) is 0.478. The molecule has 1 atom stereocenters. The second-order valence-corrected chi connectivity index (χ2v) is 8.08. The third-order valence-corrected chi connectivity index (χ3v) is 6.47. The van der Waals surface area contributed by atoms with Crippen LogP contribution in [0, 0.1) is 0 Å². The number of para-hydroxylation sites is 1. The molecule has 1 N–H and O–H groups in total. The van der Waals surface area contributed by atoms with Crippen molar-refractivity contribution in [2.45, 2.75) is 32.5 Å². The highest BCUT2D eigenvalue weighted by Gasteiger charge is 2.28. The van der Waals surface area contributed by atoms with E-state index in [1.165, 1.54) is 60.0 Å². The van der Waals surface area contributed by atoms with E-state index in [0.717, 1.165) is 32.2 Å². The summed E-state index contributed by atoms with van der Waals surface area (Å²) < 4.78 is 2.44. The number of nitrogens with one attached hydrogen (secondary N) is 1. The largest absolute Gasteiger partial charge is 0.341 e. The zero-order valence-corrected chi connectivity index (χ0v) is 17.5. The number of hydrogen-bond acceptors (Lipinski definition) is 3. The third kappa shape index (κ3) is 3.55. The average molecular weight is 399 g/mol. The Morgan fingerprint density at radius 2 is 1.75 bits per heavy atom. The molecule has 0 amide bonds. The van der Waals surface area contributed by atoms with Gasteiger partial charge in [-0.1, -0.05) is 24.3 Å². The van der Waals surface area contributed by atoms with Gasteiger partial charge in [-0.25, -0.2) is 0 Å². The molecule has 2 aliphatic rings. The van der Waals surface area contributed by atoms with E-state index in [1.807, 2.05) is 0 Å². The van der Waals surface area contributed by atoms with Crippen molar-refractivity contribution in [1.82, 2.24) is 19.7 Å². The van der Waals surface area contributed by atoms with Crippen molar-refractivity contribution in [3.05, 3.63) is 48.0 Å². The number of aromatic nitrogens is 1. The highest BCUT2D eigenvalue weighted by molar-refractivity contribution is 6.08. The zero-order valence-electron chi connectivity index (χ0n) is 16.7. The Balaban J connectivity index is 0.00000192. The van der Waals surface area contributed by atoms with Crippen LogP contribution in [0.2, 0.25) is 0 Å². The van der Waals surface area contributed by atoms with Gasteiger partial charge >= 0.3 is 0 Å². The molecule has 0 saturated carbocycles. The Kier molecular flexibility index (Phi) is 5.93. The number of aryl methyl sites for hydroxylation is 1. The first-order valence-electron chi connectivity index (χ1n) is 10.5. The van der Waals surface area contributed by atoms with Crippen LogP contribution in [-0.2, 0) is 13.1 Å². The summed E-state index contributed by atoms with van der Waals surface area (Å²) in [5, 5.41) is 6.26. The first-order chi connectivity index (χ1) is 13.3. The molecular formula is C23H31ClN4. The van der Waals surface area contributed by atoms with Gasteiger partial charge in [0.15, 0.2) is 0 Å². The fourth-order valence-corrected chi connectivity index (χ4v) is 5.10. The van der Waals surface area contributed by atoms with Gasteiger partial charge in [0.25, 0.3) is 0 Å². The molecule has 2 fully saturated rings. The second-order valence-electron chi connectivity index (χ2n) is 8.08. The minimum Gasteiger partial charge on any atom is -0.341 e. The first-order valence-corrected chi connectivity index (χ1v) is 10.5. The number of nitrogens with zero attached hydrogens (tertiary/aromatic N) is 3. The Hall–Kier alpha value is -1.59. The summed E-state index contributed by atoms with van der Waals surface area (Å²) in [6.07, 6.45) is 1.32. The topological polar surface area (TPSA) is 23.4 Å². The Labute approximate surface area is 173 Å². The Bertz CT molecular complexity index is 944. The van der Waals surface area contributed by atoms with Crippen LogP contribution >= 0.6 is 12.4 Å². The van der Waals surface area contributed by atoms with Crippen molar-refractivity contribution in [2.24, 2.45) is 0 Å². The molecular weight excluding hydrogens is 368 g/mol. The standard InChI is InChI=1S/C23H30N4.ClH/c1-2-27-22-6-4-3-5-20(22)21-15-18(7-8-23(21)27)16-25-12-9-19(17-25)26-13-10-24-11-14-26;/h3-8,15,19,24H,2,9-14,16-17H2,1H3;1H. The Morgan fingerprint density at radius 3 is 2.57 bits per heavy atom. The van der Waals surface area contributed by atoms with Crippen molar-refractivity contribution in [3.8, 4) is 0 Å². The van der Waals surface area contributed by atoms with Crippen LogP contribution < -0.4 is 5.32 Å². The second kappa shape index (κ2) is 8.42. The third-order valence-electron chi connectivity index (χ3n) is 6.47. The summed E-state index contributed by atoms with van der Waals surface area (Å²) in [4.78, 5) is 5.33. The molecule has 3 aromatic rings. The van der Waals surface area contributed by atoms with Gasteiger partial charge in [-0.05, 0) is 37.1 Å². The molecule has 0 aliphatic carbocycles. The molecule has 2 aromatic carbocycles. The lowest BCUT2D eigenvalue weighted by molar-refractivity contribution is 0.170. The lowest BCUT2D eigenvalue weighted by Gasteiger charge is -2.32. The molecule has 2 saturated heterocycles. The van der Waals surface area contributed by atoms with E-state index < -0.39 is 0 Å². The SMILES string of the molecule is CCn1c2ccccc2c2cc(CN3CCC(N4CCNCC4)C3)ccc21.Cl. The van der Waals surface area contributed by atoms with Gasteiger partial charge in [0.1, 0.15) is 0 Å². The number of hydrogen-bond donors (Lipinski definition) is 1. The van der Waals surface area contributed by atoms with Crippen molar-refractivity contribution in [2.75, 3.05) is 39.3 Å². The molecule has 1 aromatic heterocycles. The molecule has 5 rings (SSSR count). The van der Waals surface area contributed by atoms with Gasteiger partial charge in [-0.2, -0.15) is 0 Å². The smallest absolute Gasteiger partial charge is 0.0491 e.